The lowest BCUT2D eigenvalue weighted by Gasteiger charge is -2.24. The molecule has 1 amide bonds. The van der Waals surface area contributed by atoms with Gasteiger partial charge in [0.2, 0.25) is 0 Å². The second kappa shape index (κ2) is 5.24. The predicted octanol–water partition coefficient (Wildman–Crippen LogP) is 3.66. The van der Waals surface area contributed by atoms with Crippen molar-refractivity contribution in [1.29, 1.82) is 0 Å². The summed E-state index contributed by atoms with van der Waals surface area (Å²) in [6.45, 7) is 9.42. The van der Waals surface area contributed by atoms with Crippen molar-refractivity contribution in [2.75, 3.05) is 13.1 Å². The molecular formula is C16H23NO2. The molecule has 0 radical (unpaired) electrons. The molecule has 1 aromatic rings. The van der Waals surface area contributed by atoms with E-state index in [9.17, 15) is 4.79 Å². The zero-order chi connectivity index (χ0) is 14.0. The summed E-state index contributed by atoms with van der Waals surface area (Å²) in [6.07, 6.45) is -0.196. The molecule has 1 aliphatic rings. The fraction of sp³-hybridized carbons (Fsp3) is 0.562. The van der Waals surface area contributed by atoms with E-state index in [4.69, 9.17) is 4.74 Å². The lowest BCUT2D eigenvalue weighted by atomic mass is 9.90. The van der Waals surface area contributed by atoms with Gasteiger partial charge < -0.3 is 9.64 Å². The van der Waals surface area contributed by atoms with E-state index in [0.29, 0.717) is 11.8 Å². The van der Waals surface area contributed by atoms with Gasteiger partial charge in [-0.25, -0.2) is 4.79 Å². The highest BCUT2D eigenvalue weighted by Gasteiger charge is 2.35. The van der Waals surface area contributed by atoms with E-state index >= 15 is 0 Å². The zero-order valence-corrected chi connectivity index (χ0v) is 12.2. The highest BCUT2D eigenvalue weighted by atomic mass is 16.6. The molecule has 2 atom stereocenters. The average Bonchev–Trinajstić information content (AvgIpc) is 2.70. The number of likely N-dealkylation sites (tertiary alicyclic amines) is 1. The summed E-state index contributed by atoms with van der Waals surface area (Å²) in [5, 5.41) is 0. The summed E-state index contributed by atoms with van der Waals surface area (Å²) >= 11 is 0. The van der Waals surface area contributed by atoms with Crippen molar-refractivity contribution < 1.29 is 9.53 Å². The third-order valence-electron chi connectivity index (χ3n) is 3.49. The van der Waals surface area contributed by atoms with E-state index in [2.05, 4.69) is 31.2 Å². The van der Waals surface area contributed by atoms with Gasteiger partial charge >= 0.3 is 6.09 Å². The number of nitrogens with zero attached hydrogens (tertiary/aromatic N) is 1. The summed E-state index contributed by atoms with van der Waals surface area (Å²) in [5.41, 5.74) is 0.881. The maximum absolute atomic E-state index is 12.1. The Kier molecular flexibility index (Phi) is 3.83. The van der Waals surface area contributed by atoms with Crippen LogP contribution in [-0.2, 0) is 4.74 Å². The Morgan fingerprint density at radius 2 is 1.84 bits per heavy atom. The van der Waals surface area contributed by atoms with Gasteiger partial charge in [-0.3, -0.25) is 0 Å². The predicted molar refractivity (Wildman–Crippen MR) is 76.2 cm³/mol. The van der Waals surface area contributed by atoms with Crippen LogP contribution in [0.3, 0.4) is 0 Å². The molecule has 0 bridgehead atoms. The summed E-state index contributed by atoms with van der Waals surface area (Å²) < 4.78 is 5.44. The first-order valence-electron chi connectivity index (χ1n) is 6.89. The Morgan fingerprint density at radius 3 is 2.42 bits per heavy atom. The van der Waals surface area contributed by atoms with Gasteiger partial charge in [0.25, 0.3) is 0 Å². The molecule has 0 spiro atoms. The average molecular weight is 261 g/mol. The first-order chi connectivity index (χ1) is 8.87. The standard InChI is InChI=1S/C16H23NO2/c1-12-10-17(15(18)19-16(2,3)4)11-14(12)13-8-6-5-7-9-13/h5-9,12,14H,10-11H2,1-4H3/t12-,14-/m1/s1. The quantitative estimate of drug-likeness (QED) is 0.772. The lowest BCUT2D eigenvalue weighted by Crippen LogP contribution is -2.35. The zero-order valence-electron chi connectivity index (χ0n) is 12.2. The molecule has 3 nitrogen and oxygen atoms in total. The van der Waals surface area contributed by atoms with Crippen LogP contribution in [0.2, 0.25) is 0 Å². The van der Waals surface area contributed by atoms with Crippen LogP contribution in [0.5, 0.6) is 0 Å². The minimum Gasteiger partial charge on any atom is -0.444 e. The molecule has 3 heteroatoms. The van der Waals surface area contributed by atoms with Gasteiger partial charge in [0, 0.05) is 19.0 Å². The summed E-state index contributed by atoms with van der Waals surface area (Å²) in [5.74, 6) is 0.878. The normalized spacial score (nSPS) is 23.5. The number of carbonyl (C=O) groups excluding carboxylic acids is 1. The number of ether oxygens (including phenoxy) is 1. The van der Waals surface area contributed by atoms with Crippen LogP contribution in [0.25, 0.3) is 0 Å². The van der Waals surface area contributed by atoms with E-state index in [1.807, 2.05) is 31.7 Å². The molecule has 1 heterocycles. The Bertz CT molecular complexity index is 436. The van der Waals surface area contributed by atoms with Gasteiger partial charge in [-0.15, -0.1) is 0 Å². The molecule has 1 fully saturated rings. The van der Waals surface area contributed by atoms with Crippen LogP contribution < -0.4 is 0 Å². The van der Waals surface area contributed by atoms with Crippen LogP contribution in [0.1, 0.15) is 39.2 Å². The van der Waals surface area contributed by atoms with Crippen LogP contribution >= 0.6 is 0 Å². The van der Waals surface area contributed by atoms with Gasteiger partial charge in [-0.2, -0.15) is 0 Å². The Hall–Kier alpha value is -1.51. The van der Waals surface area contributed by atoms with Crippen LogP contribution in [0.15, 0.2) is 30.3 Å². The van der Waals surface area contributed by atoms with Crippen molar-refractivity contribution in [3.63, 3.8) is 0 Å². The summed E-state index contributed by atoms with van der Waals surface area (Å²) in [7, 11) is 0. The summed E-state index contributed by atoms with van der Waals surface area (Å²) in [4.78, 5) is 13.9. The second-order valence-corrected chi connectivity index (χ2v) is 6.38. The van der Waals surface area contributed by atoms with Crippen LogP contribution in [-0.4, -0.2) is 29.7 Å². The van der Waals surface area contributed by atoms with Gasteiger partial charge in [-0.05, 0) is 32.3 Å². The Labute approximate surface area is 115 Å². The molecule has 0 N–H and O–H groups in total. The third-order valence-corrected chi connectivity index (χ3v) is 3.49. The molecule has 104 valence electrons. The highest BCUT2D eigenvalue weighted by molar-refractivity contribution is 5.68. The van der Waals surface area contributed by atoms with Crippen molar-refractivity contribution in [2.45, 2.75) is 39.2 Å². The van der Waals surface area contributed by atoms with Crippen LogP contribution in [0, 0.1) is 5.92 Å². The lowest BCUT2D eigenvalue weighted by molar-refractivity contribution is 0.0287. The van der Waals surface area contributed by atoms with Crippen molar-refractivity contribution in [3.05, 3.63) is 35.9 Å². The molecule has 1 aromatic carbocycles. The van der Waals surface area contributed by atoms with E-state index in [0.717, 1.165) is 13.1 Å². The van der Waals surface area contributed by atoms with E-state index in [1.54, 1.807) is 0 Å². The van der Waals surface area contributed by atoms with Gasteiger partial charge in [0.1, 0.15) is 5.60 Å². The largest absolute Gasteiger partial charge is 0.444 e. The first-order valence-corrected chi connectivity index (χ1v) is 6.89. The minimum absolute atomic E-state index is 0.196. The molecular weight excluding hydrogens is 238 g/mol. The highest BCUT2D eigenvalue weighted by Crippen LogP contribution is 2.32. The van der Waals surface area contributed by atoms with E-state index in [-0.39, 0.29) is 6.09 Å². The fourth-order valence-electron chi connectivity index (χ4n) is 2.58. The number of carbonyl (C=O) groups is 1. The van der Waals surface area contributed by atoms with Crippen molar-refractivity contribution in [1.82, 2.24) is 4.90 Å². The topological polar surface area (TPSA) is 29.5 Å². The van der Waals surface area contributed by atoms with Crippen LogP contribution in [0.4, 0.5) is 4.79 Å². The van der Waals surface area contributed by atoms with Gasteiger partial charge in [0.05, 0.1) is 0 Å². The molecule has 1 saturated heterocycles. The van der Waals surface area contributed by atoms with E-state index in [1.165, 1.54) is 5.56 Å². The number of hydrogen-bond donors (Lipinski definition) is 0. The third kappa shape index (κ3) is 3.49. The minimum atomic E-state index is -0.425. The van der Waals surface area contributed by atoms with Gasteiger partial charge in [-0.1, -0.05) is 37.3 Å². The number of amides is 1. The van der Waals surface area contributed by atoms with Gasteiger partial charge in [0.15, 0.2) is 0 Å². The van der Waals surface area contributed by atoms with E-state index < -0.39 is 5.60 Å². The Morgan fingerprint density at radius 1 is 1.21 bits per heavy atom. The molecule has 0 aromatic heterocycles. The Balaban J connectivity index is 2.04. The number of hydrogen-bond acceptors (Lipinski definition) is 2. The number of benzene rings is 1. The maximum atomic E-state index is 12.1. The molecule has 0 unspecified atom stereocenters. The molecule has 0 saturated carbocycles. The molecule has 2 rings (SSSR count). The maximum Gasteiger partial charge on any atom is 0.410 e. The molecule has 19 heavy (non-hydrogen) atoms. The summed E-state index contributed by atoms with van der Waals surface area (Å²) in [6, 6.07) is 10.4. The van der Waals surface area contributed by atoms with Crippen molar-refractivity contribution in [3.8, 4) is 0 Å². The first kappa shape index (κ1) is 13.9. The number of rotatable bonds is 1. The molecule has 0 aliphatic carbocycles. The molecule has 1 aliphatic heterocycles. The van der Waals surface area contributed by atoms with Crippen molar-refractivity contribution in [2.24, 2.45) is 5.92 Å². The van der Waals surface area contributed by atoms with Crippen molar-refractivity contribution >= 4 is 6.09 Å². The second-order valence-electron chi connectivity index (χ2n) is 6.38. The smallest absolute Gasteiger partial charge is 0.410 e. The SMILES string of the molecule is C[C@@H]1CN(C(=O)OC(C)(C)C)C[C@H]1c1ccccc1. The monoisotopic (exact) mass is 261 g/mol. The fourth-order valence-corrected chi connectivity index (χ4v) is 2.58.